The zero-order valence-electron chi connectivity index (χ0n) is 19.3. The lowest BCUT2D eigenvalue weighted by atomic mass is 9.49. The number of benzene rings is 2. The second-order valence-electron chi connectivity index (χ2n) is 10.7. The molecule has 0 spiro atoms. The van der Waals surface area contributed by atoms with Crippen LogP contribution in [0.25, 0.3) is 16.7 Å². The highest BCUT2D eigenvalue weighted by Gasteiger charge is 2.53. The third kappa shape index (κ3) is 3.40. The lowest BCUT2D eigenvalue weighted by Crippen LogP contribution is -2.49. The van der Waals surface area contributed by atoms with Gasteiger partial charge in [-0.1, -0.05) is 23.4 Å². The summed E-state index contributed by atoms with van der Waals surface area (Å²) in [6.07, 6.45) is 9.88. The number of hydrogen-bond acceptors (Lipinski definition) is 5. The first-order valence-electron chi connectivity index (χ1n) is 12.4. The van der Waals surface area contributed by atoms with Crippen molar-refractivity contribution in [1.82, 2.24) is 15.0 Å². The van der Waals surface area contributed by atoms with E-state index in [1.165, 1.54) is 44.2 Å². The van der Waals surface area contributed by atoms with Crippen LogP contribution < -0.4 is 10.9 Å². The molecule has 4 bridgehead atoms. The molecule has 4 saturated carbocycles. The molecule has 35 heavy (non-hydrogen) atoms. The number of fused-ring (bicyclic) bond motifs is 1. The Hall–Kier alpha value is -3.74. The van der Waals surface area contributed by atoms with Gasteiger partial charge in [-0.15, -0.1) is 5.10 Å². The number of nitrogens with zero attached hydrogens (tertiary/aromatic N) is 3. The van der Waals surface area contributed by atoms with E-state index < -0.39 is 11.5 Å². The van der Waals surface area contributed by atoms with Gasteiger partial charge in [0, 0.05) is 16.5 Å². The Kier molecular flexibility index (Phi) is 4.50. The van der Waals surface area contributed by atoms with E-state index in [9.17, 15) is 9.59 Å². The summed E-state index contributed by atoms with van der Waals surface area (Å²) in [5.74, 6) is 2.03. The average Bonchev–Trinajstić information content (AvgIpc) is 3.34. The molecule has 4 fully saturated rings. The summed E-state index contributed by atoms with van der Waals surface area (Å²) in [4.78, 5) is 25.1. The minimum Gasteiger partial charge on any atom is -0.422 e. The Morgan fingerprint density at radius 1 is 0.971 bits per heavy atom. The van der Waals surface area contributed by atoms with Crippen LogP contribution in [0.3, 0.4) is 0 Å². The fraction of sp³-hybridized carbons (Fsp3) is 0.357. The fourth-order valence-electron chi connectivity index (χ4n) is 7.32. The minimum atomic E-state index is -0.652. The summed E-state index contributed by atoms with van der Waals surface area (Å²) >= 11 is 0. The van der Waals surface area contributed by atoms with Gasteiger partial charge in [0.1, 0.15) is 11.1 Å². The first-order valence-corrected chi connectivity index (χ1v) is 12.4. The maximum atomic E-state index is 12.8. The zero-order chi connectivity index (χ0) is 23.6. The highest BCUT2D eigenvalue weighted by molar-refractivity contribution is 6.05. The zero-order valence-corrected chi connectivity index (χ0v) is 19.3. The number of amides is 1. The Bertz CT molecular complexity index is 1470. The van der Waals surface area contributed by atoms with E-state index in [0.717, 1.165) is 23.4 Å². The third-order valence-electron chi connectivity index (χ3n) is 8.39. The van der Waals surface area contributed by atoms with Crippen molar-refractivity contribution in [3.05, 3.63) is 82.5 Å². The van der Waals surface area contributed by atoms with E-state index in [2.05, 4.69) is 15.6 Å². The molecule has 2 aromatic carbocycles. The Morgan fingerprint density at radius 3 is 2.37 bits per heavy atom. The van der Waals surface area contributed by atoms with Crippen molar-refractivity contribution in [2.45, 2.75) is 43.9 Å². The number of nitrogens with one attached hydrogen (secondary N) is 1. The van der Waals surface area contributed by atoms with Gasteiger partial charge in [-0.05, 0) is 92.7 Å². The van der Waals surface area contributed by atoms with Gasteiger partial charge < -0.3 is 9.73 Å². The first kappa shape index (κ1) is 20.6. The van der Waals surface area contributed by atoms with Gasteiger partial charge in [-0.3, -0.25) is 4.79 Å². The van der Waals surface area contributed by atoms with E-state index in [1.54, 1.807) is 18.2 Å². The van der Waals surface area contributed by atoms with Gasteiger partial charge in [-0.25, -0.2) is 9.48 Å². The first-order chi connectivity index (χ1) is 17.1. The molecule has 176 valence electrons. The summed E-state index contributed by atoms with van der Waals surface area (Å²) in [5.41, 5.74) is 2.73. The normalized spacial score (nSPS) is 26.8. The van der Waals surface area contributed by atoms with Crippen LogP contribution in [-0.2, 0) is 5.41 Å². The topological polar surface area (TPSA) is 90.0 Å². The molecule has 7 heteroatoms. The average molecular weight is 467 g/mol. The summed E-state index contributed by atoms with van der Waals surface area (Å²) < 4.78 is 7.28. The number of anilines is 1. The molecule has 0 unspecified atom stereocenters. The predicted octanol–water partition coefficient (Wildman–Crippen LogP) is 5.09. The quantitative estimate of drug-likeness (QED) is 0.423. The monoisotopic (exact) mass is 466 g/mol. The van der Waals surface area contributed by atoms with Crippen molar-refractivity contribution in [2.75, 3.05) is 5.32 Å². The van der Waals surface area contributed by atoms with Gasteiger partial charge in [0.05, 0.1) is 17.6 Å². The number of aromatic nitrogens is 3. The molecular formula is C28H26N4O3. The Labute approximate surface area is 202 Å². The molecular weight excluding hydrogens is 440 g/mol. The predicted molar refractivity (Wildman–Crippen MR) is 132 cm³/mol. The van der Waals surface area contributed by atoms with Gasteiger partial charge in [-0.2, -0.15) is 0 Å². The minimum absolute atomic E-state index is 0.0202. The maximum absolute atomic E-state index is 12.8. The van der Waals surface area contributed by atoms with Crippen molar-refractivity contribution in [3.63, 3.8) is 0 Å². The molecule has 1 amide bonds. The van der Waals surface area contributed by atoms with Gasteiger partial charge >= 0.3 is 5.63 Å². The molecule has 4 aliphatic carbocycles. The second-order valence-corrected chi connectivity index (χ2v) is 10.7. The van der Waals surface area contributed by atoms with Crippen LogP contribution in [0.15, 0.2) is 70.0 Å². The standard InChI is InChI=1S/C28H26N4O3/c33-26(23-12-20-3-1-2-4-24(20)35-27(23)34)30-21-5-7-22(8-6-21)32-25(16-29-31-32)28-13-17-9-18(14-28)11-19(10-17)15-28/h1-8,12,16-19H,9-11,13-15H2,(H,30,33). The van der Waals surface area contributed by atoms with E-state index in [1.807, 2.05) is 47.3 Å². The molecule has 4 aromatic rings. The molecule has 0 saturated heterocycles. The molecule has 7 nitrogen and oxygen atoms in total. The van der Waals surface area contributed by atoms with Crippen LogP contribution in [0.2, 0.25) is 0 Å². The largest absolute Gasteiger partial charge is 0.422 e. The highest BCUT2D eigenvalue weighted by Crippen LogP contribution is 2.60. The van der Waals surface area contributed by atoms with Crippen molar-refractivity contribution in [3.8, 4) is 5.69 Å². The van der Waals surface area contributed by atoms with Crippen molar-refractivity contribution >= 4 is 22.6 Å². The van der Waals surface area contributed by atoms with Crippen LogP contribution in [0.4, 0.5) is 5.69 Å². The molecule has 2 aromatic heterocycles. The van der Waals surface area contributed by atoms with Crippen molar-refractivity contribution in [2.24, 2.45) is 17.8 Å². The van der Waals surface area contributed by atoms with E-state index in [0.29, 0.717) is 16.7 Å². The molecule has 4 aliphatic rings. The SMILES string of the molecule is O=C(Nc1ccc(-n2nncc2C23CC4CC(CC(C4)C2)C3)cc1)c1cc2ccccc2oc1=O. The molecule has 0 atom stereocenters. The summed E-state index contributed by atoms with van der Waals surface area (Å²) in [6, 6.07) is 16.3. The number of hydrogen-bond donors (Lipinski definition) is 1. The smallest absolute Gasteiger partial charge is 0.349 e. The van der Waals surface area contributed by atoms with Crippen LogP contribution in [0.5, 0.6) is 0 Å². The lowest BCUT2D eigenvalue weighted by molar-refractivity contribution is -0.00828. The van der Waals surface area contributed by atoms with Gasteiger partial charge in [0.25, 0.3) is 5.91 Å². The van der Waals surface area contributed by atoms with Crippen LogP contribution in [-0.4, -0.2) is 20.9 Å². The third-order valence-corrected chi connectivity index (χ3v) is 8.39. The maximum Gasteiger partial charge on any atom is 0.349 e. The molecule has 8 rings (SSSR count). The number of rotatable bonds is 4. The number of carbonyl (C=O) groups excluding carboxylic acids is 1. The van der Waals surface area contributed by atoms with Crippen LogP contribution >= 0.6 is 0 Å². The number of carbonyl (C=O) groups is 1. The number of para-hydroxylation sites is 1. The Balaban J connectivity index is 1.14. The van der Waals surface area contributed by atoms with E-state index >= 15 is 0 Å². The second kappa shape index (κ2) is 7.63. The van der Waals surface area contributed by atoms with Gasteiger partial charge in [0.15, 0.2) is 0 Å². The molecule has 0 aliphatic heterocycles. The van der Waals surface area contributed by atoms with E-state index in [4.69, 9.17) is 4.42 Å². The lowest BCUT2D eigenvalue weighted by Gasteiger charge is -2.56. The molecule has 1 N–H and O–H groups in total. The van der Waals surface area contributed by atoms with Crippen LogP contribution in [0.1, 0.15) is 54.6 Å². The van der Waals surface area contributed by atoms with Crippen molar-refractivity contribution < 1.29 is 9.21 Å². The van der Waals surface area contributed by atoms with Crippen LogP contribution in [0, 0.1) is 17.8 Å². The van der Waals surface area contributed by atoms with E-state index in [-0.39, 0.29) is 11.0 Å². The summed E-state index contributed by atoms with van der Waals surface area (Å²) in [7, 11) is 0. The van der Waals surface area contributed by atoms with Crippen molar-refractivity contribution in [1.29, 1.82) is 0 Å². The Morgan fingerprint density at radius 2 is 1.66 bits per heavy atom. The summed E-state index contributed by atoms with van der Waals surface area (Å²) in [5, 5.41) is 12.3. The summed E-state index contributed by atoms with van der Waals surface area (Å²) in [6.45, 7) is 0. The van der Waals surface area contributed by atoms with Gasteiger partial charge in [0.2, 0.25) is 0 Å². The fourth-order valence-corrected chi connectivity index (χ4v) is 7.32. The molecule has 2 heterocycles. The highest BCUT2D eigenvalue weighted by atomic mass is 16.4. The molecule has 0 radical (unpaired) electrons.